The highest BCUT2D eigenvalue weighted by molar-refractivity contribution is 6.35. The Kier molecular flexibility index (Phi) is 4.86. The Morgan fingerprint density at radius 2 is 2.29 bits per heavy atom. The Bertz CT molecular complexity index is 436. The van der Waals surface area contributed by atoms with Crippen LogP contribution in [0.15, 0.2) is 18.2 Å². The second-order valence-corrected chi connectivity index (χ2v) is 3.46. The number of nitro groups is 1. The van der Waals surface area contributed by atoms with Crippen LogP contribution in [0.1, 0.15) is 6.92 Å². The predicted molar refractivity (Wildman–Crippen MR) is 63.2 cm³/mol. The number of benzene rings is 1. The summed E-state index contributed by atoms with van der Waals surface area (Å²) in [7, 11) is 0. The summed E-state index contributed by atoms with van der Waals surface area (Å²) < 4.78 is 4.90. The second kappa shape index (κ2) is 6.17. The summed E-state index contributed by atoms with van der Waals surface area (Å²) in [5.41, 5.74) is -0.0496. The number of hydrogen-bond donors (Lipinski definition) is 1. The number of carbonyl (C=O) groups is 1. The van der Waals surface area contributed by atoms with Crippen molar-refractivity contribution >= 4 is 28.9 Å². The second-order valence-electron chi connectivity index (χ2n) is 3.08. The minimum Gasteiger partial charge on any atom is -0.372 e. The molecule has 1 aromatic carbocycles. The molecule has 0 fully saturated rings. The Hall–Kier alpha value is -1.66. The average Bonchev–Trinajstić information content (AvgIpc) is 2.28. The van der Waals surface area contributed by atoms with Gasteiger partial charge in [-0.25, -0.2) is 0 Å². The maximum Gasteiger partial charge on any atom is 0.290 e. The van der Waals surface area contributed by atoms with Gasteiger partial charge in [-0.1, -0.05) is 17.7 Å². The highest BCUT2D eigenvalue weighted by Crippen LogP contribution is 2.31. The van der Waals surface area contributed by atoms with E-state index in [-0.39, 0.29) is 23.0 Å². The molecule has 0 unspecified atom stereocenters. The molecule has 17 heavy (non-hydrogen) atoms. The van der Waals surface area contributed by atoms with Gasteiger partial charge in [-0.2, -0.15) is 0 Å². The summed E-state index contributed by atoms with van der Waals surface area (Å²) in [6.07, 6.45) is 0. The Morgan fingerprint density at radius 3 is 2.88 bits per heavy atom. The molecule has 0 aliphatic carbocycles. The molecule has 1 amide bonds. The molecule has 7 heteroatoms. The number of halogens is 1. The lowest BCUT2D eigenvalue weighted by Gasteiger charge is -2.07. The van der Waals surface area contributed by atoms with Crippen molar-refractivity contribution < 1.29 is 14.5 Å². The zero-order valence-electron chi connectivity index (χ0n) is 9.10. The maximum absolute atomic E-state index is 11.3. The van der Waals surface area contributed by atoms with Crippen molar-refractivity contribution in [2.75, 3.05) is 18.5 Å². The van der Waals surface area contributed by atoms with E-state index in [1.807, 2.05) is 0 Å². The Morgan fingerprint density at radius 1 is 1.59 bits per heavy atom. The molecule has 0 aliphatic heterocycles. The topological polar surface area (TPSA) is 81.5 Å². The van der Waals surface area contributed by atoms with Crippen LogP contribution in [0.5, 0.6) is 0 Å². The van der Waals surface area contributed by atoms with Crippen LogP contribution in [0.3, 0.4) is 0 Å². The van der Waals surface area contributed by atoms with Gasteiger partial charge in [0.15, 0.2) is 0 Å². The van der Waals surface area contributed by atoms with Crippen molar-refractivity contribution in [3.8, 4) is 0 Å². The van der Waals surface area contributed by atoms with Crippen LogP contribution >= 0.6 is 11.6 Å². The molecule has 0 saturated heterocycles. The third kappa shape index (κ3) is 3.69. The summed E-state index contributed by atoms with van der Waals surface area (Å²) >= 11 is 5.78. The fourth-order valence-electron chi connectivity index (χ4n) is 1.14. The third-order valence-electron chi connectivity index (χ3n) is 1.89. The monoisotopic (exact) mass is 258 g/mol. The quantitative estimate of drug-likeness (QED) is 0.648. The van der Waals surface area contributed by atoms with Crippen molar-refractivity contribution in [3.63, 3.8) is 0 Å². The van der Waals surface area contributed by atoms with Gasteiger partial charge in [-0.05, 0) is 13.0 Å². The van der Waals surface area contributed by atoms with Crippen molar-refractivity contribution in [1.29, 1.82) is 0 Å². The van der Waals surface area contributed by atoms with E-state index < -0.39 is 10.8 Å². The Balaban J connectivity index is 2.81. The summed E-state index contributed by atoms with van der Waals surface area (Å²) in [5, 5.41) is 13.0. The van der Waals surface area contributed by atoms with E-state index in [1.54, 1.807) is 6.92 Å². The number of anilines is 1. The van der Waals surface area contributed by atoms with E-state index in [2.05, 4.69) is 5.32 Å². The predicted octanol–water partition coefficient (Wildman–Crippen LogP) is 2.22. The minimum atomic E-state index is -0.611. The number of rotatable bonds is 5. The largest absolute Gasteiger partial charge is 0.372 e. The molecule has 6 nitrogen and oxygen atoms in total. The Labute approximate surface area is 103 Å². The zero-order valence-corrected chi connectivity index (χ0v) is 9.86. The molecule has 1 rings (SSSR count). The van der Waals surface area contributed by atoms with E-state index in [4.69, 9.17) is 16.3 Å². The first-order valence-corrected chi connectivity index (χ1v) is 5.24. The number of nitro benzene ring substituents is 1. The van der Waals surface area contributed by atoms with Crippen LogP contribution in [0.25, 0.3) is 0 Å². The van der Waals surface area contributed by atoms with Crippen LogP contribution in [-0.4, -0.2) is 24.0 Å². The number of hydrogen-bond acceptors (Lipinski definition) is 4. The SMILES string of the molecule is CCOCC(=O)Nc1cccc([N+](=O)[O-])c1Cl. The molecule has 0 heterocycles. The van der Waals surface area contributed by atoms with Crippen LogP contribution in [0.2, 0.25) is 5.02 Å². The lowest BCUT2D eigenvalue weighted by atomic mass is 10.3. The molecule has 0 saturated carbocycles. The zero-order chi connectivity index (χ0) is 12.8. The molecular formula is C10H11ClN2O4. The van der Waals surface area contributed by atoms with E-state index in [0.717, 1.165) is 0 Å². The van der Waals surface area contributed by atoms with Crippen molar-refractivity contribution in [3.05, 3.63) is 33.3 Å². The van der Waals surface area contributed by atoms with E-state index in [9.17, 15) is 14.9 Å². The molecule has 0 aliphatic rings. The van der Waals surface area contributed by atoms with E-state index in [1.165, 1.54) is 18.2 Å². The fourth-order valence-corrected chi connectivity index (χ4v) is 1.38. The van der Waals surface area contributed by atoms with Gasteiger partial charge in [0.05, 0.1) is 10.6 Å². The number of nitrogens with one attached hydrogen (secondary N) is 1. The van der Waals surface area contributed by atoms with E-state index in [0.29, 0.717) is 6.61 Å². The van der Waals surface area contributed by atoms with Crippen LogP contribution < -0.4 is 5.32 Å². The first-order valence-electron chi connectivity index (χ1n) is 4.86. The molecule has 0 spiro atoms. The van der Waals surface area contributed by atoms with E-state index >= 15 is 0 Å². The molecule has 1 N–H and O–H groups in total. The summed E-state index contributed by atoms with van der Waals surface area (Å²) in [6, 6.07) is 4.19. The van der Waals surface area contributed by atoms with Gasteiger partial charge in [0.2, 0.25) is 5.91 Å². The van der Waals surface area contributed by atoms with Crippen molar-refractivity contribution in [1.82, 2.24) is 0 Å². The van der Waals surface area contributed by atoms with Crippen LogP contribution in [-0.2, 0) is 9.53 Å². The molecule has 92 valence electrons. The number of carbonyl (C=O) groups excluding carboxylic acids is 1. The molecule has 0 aromatic heterocycles. The van der Waals surface area contributed by atoms with Gasteiger partial charge in [-0.15, -0.1) is 0 Å². The third-order valence-corrected chi connectivity index (χ3v) is 2.28. The first kappa shape index (κ1) is 13.4. The van der Waals surface area contributed by atoms with Crippen molar-refractivity contribution in [2.24, 2.45) is 0 Å². The molecular weight excluding hydrogens is 248 g/mol. The molecule has 1 aromatic rings. The number of nitrogens with zero attached hydrogens (tertiary/aromatic N) is 1. The fraction of sp³-hybridized carbons (Fsp3) is 0.300. The maximum atomic E-state index is 11.3. The summed E-state index contributed by atoms with van der Waals surface area (Å²) in [4.78, 5) is 21.3. The highest BCUT2D eigenvalue weighted by Gasteiger charge is 2.16. The molecule has 0 atom stereocenters. The van der Waals surface area contributed by atoms with Gasteiger partial charge in [-0.3, -0.25) is 14.9 Å². The summed E-state index contributed by atoms with van der Waals surface area (Å²) in [5.74, 6) is -0.408. The molecule has 0 bridgehead atoms. The standard InChI is InChI=1S/C10H11ClN2O4/c1-2-17-6-9(14)12-7-4-3-5-8(10(7)11)13(15)16/h3-5H,2,6H2,1H3,(H,12,14). The van der Waals surface area contributed by atoms with Crippen molar-refractivity contribution in [2.45, 2.75) is 6.92 Å². The van der Waals surface area contributed by atoms with Crippen LogP contribution in [0.4, 0.5) is 11.4 Å². The molecule has 0 radical (unpaired) electrons. The van der Waals surface area contributed by atoms with Gasteiger partial charge < -0.3 is 10.1 Å². The summed E-state index contributed by atoms with van der Waals surface area (Å²) in [6.45, 7) is 2.05. The van der Waals surface area contributed by atoms with Crippen LogP contribution in [0, 0.1) is 10.1 Å². The minimum absolute atomic E-state index is 0.0950. The first-order chi connectivity index (χ1) is 8.06. The normalized spacial score (nSPS) is 10.0. The highest BCUT2D eigenvalue weighted by atomic mass is 35.5. The van der Waals surface area contributed by atoms with Gasteiger partial charge >= 0.3 is 0 Å². The van der Waals surface area contributed by atoms with Gasteiger partial charge in [0.25, 0.3) is 5.69 Å². The number of ether oxygens (including phenoxy) is 1. The lowest BCUT2D eigenvalue weighted by Crippen LogP contribution is -2.18. The lowest BCUT2D eigenvalue weighted by molar-refractivity contribution is -0.384. The van der Waals surface area contributed by atoms with Gasteiger partial charge in [0.1, 0.15) is 11.6 Å². The van der Waals surface area contributed by atoms with Gasteiger partial charge in [0, 0.05) is 12.7 Å². The smallest absolute Gasteiger partial charge is 0.290 e. The average molecular weight is 259 g/mol. The number of amides is 1.